The number of aromatic nitrogens is 5. The average molecular weight is 452 g/mol. The molecule has 0 amide bonds. The smallest absolute Gasteiger partial charge is 0.199 e. The van der Waals surface area contributed by atoms with E-state index in [0.717, 1.165) is 57.9 Å². The summed E-state index contributed by atoms with van der Waals surface area (Å²) < 4.78 is 9.85. The summed E-state index contributed by atoms with van der Waals surface area (Å²) in [7, 11) is 1.61. The molecule has 6 rings (SSSR count). The van der Waals surface area contributed by atoms with Gasteiger partial charge < -0.3 is 9.30 Å². The van der Waals surface area contributed by atoms with Gasteiger partial charge in [0.05, 0.1) is 24.2 Å². The lowest BCUT2D eigenvalue weighted by Gasteiger charge is -2.10. The molecule has 1 saturated carbocycles. The van der Waals surface area contributed by atoms with Gasteiger partial charge in [0, 0.05) is 41.0 Å². The van der Waals surface area contributed by atoms with Crippen molar-refractivity contribution in [2.24, 2.45) is 5.92 Å². The Hall–Kier alpha value is -4.00. The minimum absolute atomic E-state index is 0.539. The molecule has 0 N–H and O–H groups in total. The molecule has 0 unspecified atom stereocenters. The van der Waals surface area contributed by atoms with Gasteiger partial charge in [-0.2, -0.15) is 0 Å². The quantitative estimate of drug-likeness (QED) is 0.329. The first-order valence-electron chi connectivity index (χ1n) is 11.5. The Morgan fingerprint density at radius 1 is 1.12 bits per heavy atom. The van der Waals surface area contributed by atoms with Crippen molar-refractivity contribution >= 4 is 23.0 Å². The number of hydrogen-bond donors (Lipinski definition) is 0. The summed E-state index contributed by atoms with van der Waals surface area (Å²) in [6.45, 7) is 4.96. The molecule has 34 heavy (non-hydrogen) atoms. The summed E-state index contributed by atoms with van der Waals surface area (Å²) in [6, 6.07) is 13.9. The molecule has 5 aromatic rings. The summed E-state index contributed by atoms with van der Waals surface area (Å²) in [5.41, 5.74) is 7.99. The minimum atomic E-state index is 0.539. The van der Waals surface area contributed by atoms with Gasteiger partial charge in [-0.3, -0.25) is 14.2 Å². The molecule has 0 spiro atoms. The maximum atomic E-state index is 11.4. The third-order valence-electron chi connectivity index (χ3n) is 6.69. The van der Waals surface area contributed by atoms with Gasteiger partial charge in [0.15, 0.2) is 5.88 Å². The molecule has 170 valence electrons. The van der Waals surface area contributed by atoms with Crippen molar-refractivity contribution in [3.05, 3.63) is 65.6 Å². The number of fused-ring (bicyclic) bond motifs is 2. The highest BCUT2D eigenvalue weighted by atomic mass is 16.5. The fourth-order valence-corrected chi connectivity index (χ4v) is 4.73. The summed E-state index contributed by atoms with van der Waals surface area (Å²) >= 11 is 0. The topological polar surface area (TPSA) is 74.3 Å². The molecule has 1 aliphatic rings. The predicted octanol–water partition coefficient (Wildman–Crippen LogP) is 5.26. The number of imidazole rings is 1. The van der Waals surface area contributed by atoms with Crippen molar-refractivity contribution < 1.29 is 9.53 Å². The number of aryl methyl sites for hydroxylation is 2. The van der Waals surface area contributed by atoms with Crippen LogP contribution in [0.25, 0.3) is 39.3 Å². The lowest BCUT2D eigenvalue weighted by molar-refractivity contribution is 0.112. The van der Waals surface area contributed by atoms with Gasteiger partial charge in [-0.05, 0) is 69.0 Å². The zero-order valence-corrected chi connectivity index (χ0v) is 19.4. The van der Waals surface area contributed by atoms with Crippen LogP contribution in [0.15, 0.2) is 48.7 Å². The van der Waals surface area contributed by atoms with Gasteiger partial charge in [-0.25, -0.2) is 9.97 Å². The molecule has 0 bridgehead atoms. The number of ether oxygens (including phenoxy) is 1. The highest BCUT2D eigenvalue weighted by Crippen LogP contribution is 2.37. The van der Waals surface area contributed by atoms with Crippen LogP contribution in [0.3, 0.4) is 0 Å². The third kappa shape index (κ3) is 3.27. The largest absolute Gasteiger partial charge is 0.482 e. The molecule has 7 heteroatoms. The van der Waals surface area contributed by atoms with E-state index in [1.165, 1.54) is 12.8 Å². The monoisotopic (exact) mass is 451 g/mol. The molecular weight excluding hydrogens is 426 g/mol. The van der Waals surface area contributed by atoms with Crippen molar-refractivity contribution in [3.8, 4) is 28.5 Å². The molecule has 0 aromatic carbocycles. The Morgan fingerprint density at radius 3 is 2.71 bits per heavy atom. The number of pyridine rings is 3. The van der Waals surface area contributed by atoms with E-state index in [2.05, 4.69) is 33.8 Å². The van der Waals surface area contributed by atoms with Crippen LogP contribution in [0, 0.1) is 19.8 Å². The SMILES string of the molecule is COc1cc(C=O)cc2nc(-c3cc4ccc(-c5cccnc5C)nc4n3CC3CC3)c(C)n12. The Balaban J connectivity index is 1.58. The Morgan fingerprint density at radius 2 is 1.97 bits per heavy atom. The van der Waals surface area contributed by atoms with Gasteiger partial charge in [-0.15, -0.1) is 0 Å². The van der Waals surface area contributed by atoms with Crippen molar-refractivity contribution in [1.82, 2.24) is 23.9 Å². The Kier molecular flexibility index (Phi) is 4.72. The fraction of sp³-hybridized carbons (Fsp3) is 0.259. The fourth-order valence-electron chi connectivity index (χ4n) is 4.73. The second-order valence-corrected chi connectivity index (χ2v) is 9.02. The number of carbonyl (C=O) groups excluding carboxylic acids is 1. The molecule has 0 aliphatic heterocycles. The molecule has 0 radical (unpaired) electrons. The summed E-state index contributed by atoms with van der Waals surface area (Å²) in [5, 5.41) is 1.08. The number of carbonyl (C=O) groups is 1. The van der Waals surface area contributed by atoms with Crippen LogP contribution >= 0.6 is 0 Å². The lowest BCUT2D eigenvalue weighted by Crippen LogP contribution is -2.04. The highest BCUT2D eigenvalue weighted by molar-refractivity contribution is 5.87. The van der Waals surface area contributed by atoms with Gasteiger partial charge in [0.2, 0.25) is 0 Å². The van der Waals surface area contributed by atoms with E-state index in [1.807, 2.05) is 30.5 Å². The molecule has 1 aliphatic carbocycles. The molecule has 0 saturated heterocycles. The number of nitrogens with zero attached hydrogens (tertiary/aromatic N) is 5. The van der Waals surface area contributed by atoms with Crippen LogP contribution in [0.4, 0.5) is 0 Å². The van der Waals surface area contributed by atoms with E-state index in [-0.39, 0.29) is 0 Å². The number of aldehydes is 1. The van der Waals surface area contributed by atoms with E-state index in [1.54, 1.807) is 19.2 Å². The van der Waals surface area contributed by atoms with Crippen molar-refractivity contribution in [2.75, 3.05) is 7.11 Å². The van der Waals surface area contributed by atoms with Crippen molar-refractivity contribution in [1.29, 1.82) is 0 Å². The van der Waals surface area contributed by atoms with Crippen LogP contribution < -0.4 is 4.74 Å². The normalized spacial score (nSPS) is 13.6. The van der Waals surface area contributed by atoms with E-state index in [9.17, 15) is 4.79 Å². The van der Waals surface area contributed by atoms with Crippen LogP contribution in [0.5, 0.6) is 5.88 Å². The molecule has 7 nitrogen and oxygen atoms in total. The summed E-state index contributed by atoms with van der Waals surface area (Å²) in [4.78, 5) is 25.9. The van der Waals surface area contributed by atoms with E-state index >= 15 is 0 Å². The zero-order chi connectivity index (χ0) is 23.4. The molecule has 5 aromatic heterocycles. The Labute approximate surface area is 197 Å². The molecule has 0 atom stereocenters. The molecule has 1 fully saturated rings. The van der Waals surface area contributed by atoms with Crippen LogP contribution in [0.1, 0.15) is 34.6 Å². The molecular formula is C27H25N5O2. The van der Waals surface area contributed by atoms with Crippen molar-refractivity contribution in [3.63, 3.8) is 0 Å². The van der Waals surface area contributed by atoms with Gasteiger partial charge in [0.1, 0.15) is 23.3 Å². The maximum Gasteiger partial charge on any atom is 0.199 e. The van der Waals surface area contributed by atoms with Crippen LogP contribution in [0.2, 0.25) is 0 Å². The zero-order valence-electron chi connectivity index (χ0n) is 19.4. The lowest BCUT2D eigenvalue weighted by atomic mass is 10.1. The Bertz CT molecular complexity index is 1580. The molecule has 5 heterocycles. The van der Waals surface area contributed by atoms with Gasteiger partial charge >= 0.3 is 0 Å². The first kappa shape index (κ1) is 20.6. The summed E-state index contributed by atoms with van der Waals surface area (Å²) in [6.07, 6.45) is 5.10. The number of methoxy groups -OCH3 is 1. The number of hydrogen-bond acceptors (Lipinski definition) is 5. The first-order chi connectivity index (χ1) is 16.6. The standard InChI is InChI=1S/C27H25N5O2/c1-16-21(5-4-10-28-16)22-9-8-20-13-23(31(27(20)29-22)14-18-6-7-18)26-17(2)32-24(30-26)11-19(15-33)12-25(32)34-3/h4-5,8-13,15,18H,6-7,14H2,1-3H3. The summed E-state index contributed by atoms with van der Waals surface area (Å²) in [5.74, 6) is 1.25. The third-order valence-corrected chi connectivity index (χ3v) is 6.69. The second-order valence-electron chi connectivity index (χ2n) is 9.02. The van der Waals surface area contributed by atoms with Gasteiger partial charge in [0.25, 0.3) is 0 Å². The van der Waals surface area contributed by atoms with E-state index in [4.69, 9.17) is 14.7 Å². The predicted molar refractivity (Wildman–Crippen MR) is 131 cm³/mol. The first-order valence-corrected chi connectivity index (χ1v) is 11.5. The minimum Gasteiger partial charge on any atom is -0.482 e. The average Bonchev–Trinajstić information content (AvgIpc) is 3.53. The van der Waals surface area contributed by atoms with E-state index < -0.39 is 0 Å². The second kappa shape index (κ2) is 7.80. The maximum absolute atomic E-state index is 11.4. The van der Waals surface area contributed by atoms with Crippen LogP contribution in [-0.4, -0.2) is 37.3 Å². The number of rotatable bonds is 6. The van der Waals surface area contributed by atoms with Crippen molar-refractivity contribution in [2.45, 2.75) is 33.2 Å². The van der Waals surface area contributed by atoms with E-state index in [0.29, 0.717) is 23.0 Å². The van der Waals surface area contributed by atoms with Crippen LogP contribution in [-0.2, 0) is 6.54 Å². The van der Waals surface area contributed by atoms with Gasteiger partial charge in [-0.1, -0.05) is 0 Å². The highest BCUT2D eigenvalue weighted by Gasteiger charge is 2.26.